The predicted molar refractivity (Wildman–Crippen MR) is 154 cm³/mol. The molecule has 0 aromatic heterocycles. The molecule has 2 fully saturated rings. The minimum absolute atomic E-state index is 0.0197. The molecule has 41 heavy (non-hydrogen) atoms. The third-order valence-electron chi connectivity index (χ3n) is 7.95. The number of fused-ring (bicyclic) bond motifs is 1. The van der Waals surface area contributed by atoms with Crippen LogP contribution in [0.5, 0.6) is 0 Å². The Hall–Kier alpha value is -3.19. The first-order chi connectivity index (χ1) is 19.3. The molecule has 1 amide bonds. The number of carbonyl (C=O) groups excluding carboxylic acids is 1. The Morgan fingerprint density at radius 1 is 1.07 bits per heavy atom. The Labute approximate surface area is 244 Å². The van der Waals surface area contributed by atoms with Crippen molar-refractivity contribution in [2.45, 2.75) is 80.9 Å². The van der Waals surface area contributed by atoms with Crippen LogP contribution in [0.2, 0.25) is 5.02 Å². The minimum atomic E-state index is -3.98. The molecule has 4 rings (SSSR count). The van der Waals surface area contributed by atoms with Crippen molar-refractivity contribution < 1.29 is 33.0 Å². The van der Waals surface area contributed by atoms with E-state index in [9.17, 15) is 33.0 Å². The molecule has 11 nitrogen and oxygen atoms in total. The second-order valence-electron chi connectivity index (χ2n) is 10.8. The first-order valence-corrected chi connectivity index (χ1v) is 15.5. The molecule has 2 aromatic rings. The second kappa shape index (κ2) is 12.8. The van der Waals surface area contributed by atoms with E-state index in [1.165, 1.54) is 17.0 Å². The maximum atomic E-state index is 13.4. The number of carboxylic acid groups (broad SMARTS) is 2. The number of sulfonamides is 1. The molecule has 0 bridgehead atoms. The van der Waals surface area contributed by atoms with Crippen molar-refractivity contribution in [2.75, 3.05) is 5.32 Å². The summed E-state index contributed by atoms with van der Waals surface area (Å²) < 4.78 is 23.4. The Kier molecular flexibility index (Phi) is 9.58. The van der Waals surface area contributed by atoms with Gasteiger partial charge >= 0.3 is 11.9 Å². The van der Waals surface area contributed by atoms with Gasteiger partial charge in [-0.2, -0.15) is 0 Å². The van der Waals surface area contributed by atoms with E-state index in [4.69, 9.17) is 16.7 Å². The fourth-order valence-corrected chi connectivity index (χ4v) is 6.98. The normalized spacial score (nSPS) is 22.0. The van der Waals surface area contributed by atoms with E-state index in [0.717, 1.165) is 31.2 Å². The van der Waals surface area contributed by atoms with Crippen LogP contribution in [-0.4, -0.2) is 65.5 Å². The highest BCUT2D eigenvalue weighted by Crippen LogP contribution is 2.40. The average Bonchev–Trinajstić information content (AvgIpc) is 3.31. The van der Waals surface area contributed by atoms with Gasteiger partial charge in [0.2, 0.25) is 15.9 Å². The standard InChI is InChI=1S/C28H35ClN4O7S/c1-16(26(34)33-23-5-3-2-4-18(23)14-24(33)28(37)38)31-22(27(35)36)13-8-17-6-9-19(10-7-17)32-20-11-12-21(29)25(15-20)41(30,39)40/h6-7,9-12,15-16,18,22-24,31-32H,2-5,8,13-14H2,1H3,(H,35,36)(H,37,38)(H2,30,39,40)/t16-,18+,22-,23+,24-/m0/s1. The molecule has 2 aliphatic rings. The molecule has 2 aromatic carbocycles. The number of aryl methyl sites for hydroxylation is 1. The van der Waals surface area contributed by atoms with Gasteiger partial charge in [0.15, 0.2) is 0 Å². The smallest absolute Gasteiger partial charge is 0.326 e. The highest BCUT2D eigenvalue weighted by atomic mass is 35.5. The summed E-state index contributed by atoms with van der Waals surface area (Å²) in [4.78, 5) is 38.6. The van der Waals surface area contributed by atoms with Crippen LogP contribution in [0.4, 0.5) is 11.4 Å². The molecule has 0 radical (unpaired) electrons. The average molecular weight is 607 g/mol. The van der Waals surface area contributed by atoms with Crippen LogP contribution in [-0.2, 0) is 30.8 Å². The number of hydrogen-bond donors (Lipinski definition) is 5. The Morgan fingerprint density at radius 3 is 2.37 bits per heavy atom. The van der Waals surface area contributed by atoms with Gasteiger partial charge in [-0.05, 0) is 80.8 Å². The minimum Gasteiger partial charge on any atom is -0.480 e. The third-order valence-corrected chi connectivity index (χ3v) is 9.34. The van der Waals surface area contributed by atoms with Gasteiger partial charge in [0.05, 0.1) is 11.1 Å². The van der Waals surface area contributed by atoms with Crippen LogP contribution in [0.1, 0.15) is 51.0 Å². The lowest BCUT2D eigenvalue weighted by molar-refractivity contribution is -0.151. The summed E-state index contributed by atoms with van der Waals surface area (Å²) in [5.41, 5.74) is 2.00. The molecule has 1 heterocycles. The van der Waals surface area contributed by atoms with Crippen LogP contribution in [0, 0.1) is 5.92 Å². The van der Waals surface area contributed by atoms with E-state index in [2.05, 4.69) is 10.6 Å². The number of nitrogens with one attached hydrogen (secondary N) is 2. The van der Waals surface area contributed by atoms with Gasteiger partial charge in [0, 0.05) is 17.4 Å². The maximum absolute atomic E-state index is 13.4. The zero-order chi connectivity index (χ0) is 29.9. The molecule has 0 unspecified atom stereocenters. The Bertz CT molecular complexity index is 1400. The SMILES string of the molecule is C[C@H](N[C@@H](CCc1ccc(Nc2ccc(Cl)c(S(N)(=O)=O)c2)cc1)C(=O)O)C(=O)N1[C@@H]2CCCC[C@@H]2C[C@H]1C(=O)O. The summed E-state index contributed by atoms with van der Waals surface area (Å²) in [7, 11) is -3.98. The first-order valence-electron chi connectivity index (χ1n) is 13.6. The maximum Gasteiger partial charge on any atom is 0.326 e. The van der Waals surface area contributed by atoms with Crippen LogP contribution >= 0.6 is 11.6 Å². The largest absolute Gasteiger partial charge is 0.480 e. The van der Waals surface area contributed by atoms with Crippen LogP contribution in [0.25, 0.3) is 0 Å². The third kappa shape index (κ3) is 7.37. The van der Waals surface area contributed by atoms with Crippen molar-refractivity contribution >= 4 is 50.8 Å². The van der Waals surface area contributed by atoms with Gasteiger partial charge in [0.1, 0.15) is 17.0 Å². The van der Waals surface area contributed by atoms with E-state index in [-0.39, 0.29) is 34.2 Å². The number of amides is 1. The summed E-state index contributed by atoms with van der Waals surface area (Å²) in [6.07, 6.45) is 4.71. The van der Waals surface area contributed by atoms with Crippen molar-refractivity contribution in [1.29, 1.82) is 0 Å². The molecular weight excluding hydrogens is 572 g/mol. The van der Waals surface area contributed by atoms with E-state index in [1.54, 1.807) is 25.1 Å². The van der Waals surface area contributed by atoms with E-state index in [1.807, 2.05) is 12.1 Å². The lowest BCUT2D eigenvalue weighted by Crippen LogP contribution is -2.55. The van der Waals surface area contributed by atoms with Gasteiger partial charge in [-0.1, -0.05) is 36.6 Å². The monoisotopic (exact) mass is 606 g/mol. The molecular formula is C28H35ClN4O7S. The first kappa shape index (κ1) is 30.8. The molecule has 1 aliphatic heterocycles. The number of carboxylic acids is 2. The number of anilines is 2. The van der Waals surface area contributed by atoms with E-state index in [0.29, 0.717) is 24.2 Å². The topological polar surface area (TPSA) is 179 Å². The predicted octanol–water partition coefficient (Wildman–Crippen LogP) is 3.34. The number of benzene rings is 2. The highest BCUT2D eigenvalue weighted by molar-refractivity contribution is 7.89. The number of likely N-dealkylation sites (tertiary alicyclic amines) is 1. The summed E-state index contributed by atoms with van der Waals surface area (Å²) in [5, 5.41) is 30.8. The van der Waals surface area contributed by atoms with Gasteiger partial charge in [-0.25, -0.2) is 18.4 Å². The molecule has 13 heteroatoms. The van der Waals surface area contributed by atoms with Gasteiger partial charge < -0.3 is 20.4 Å². The number of rotatable bonds is 11. The van der Waals surface area contributed by atoms with Gasteiger partial charge in [-0.3, -0.25) is 14.9 Å². The lowest BCUT2D eigenvalue weighted by Gasteiger charge is -2.35. The van der Waals surface area contributed by atoms with Crippen molar-refractivity contribution in [1.82, 2.24) is 10.2 Å². The molecule has 1 saturated carbocycles. The van der Waals surface area contributed by atoms with Crippen molar-refractivity contribution in [3.05, 3.63) is 53.1 Å². The van der Waals surface area contributed by atoms with Crippen molar-refractivity contribution in [2.24, 2.45) is 11.1 Å². The summed E-state index contributed by atoms with van der Waals surface area (Å²) in [6.45, 7) is 1.59. The molecule has 1 saturated heterocycles. The fraction of sp³-hybridized carbons (Fsp3) is 0.464. The Balaban J connectivity index is 1.36. The van der Waals surface area contributed by atoms with Crippen molar-refractivity contribution in [3.8, 4) is 0 Å². The second-order valence-corrected chi connectivity index (χ2v) is 12.7. The molecule has 222 valence electrons. The molecule has 0 spiro atoms. The number of primary sulfonamides is 1. The number of nitrogens with two attached hydrogens (primary N) is 1. The summed E-state index contributed by atoms with van der Waals surface area (Å²) in [6, 6.07) is 8.71. The Morgan fingerprint density at radius 2 is 1.73 bits per heavy atom. The summed E-state index contributed by atoms with van der Waals surface area (Å²) in [5.74, 6) is -2.32. The number of aliphatic carboxylic acids is 2. The number of carbonyl (C=O) groups is 3. The lowest BCUT2D eigenvalue weighted by atomic mass is 9.84. The molecule has 5 atom stereocenters. The van der Waals surface area contributed by atoms with Gasteiger partial charge in [0.25, 0.3) is 0 Å². The molecule has 6 N–H and O–H groups in total. The van der Waals surface area contributed by atoms with Gasteiger partial charge in [-0.15, -0.1) is 0 Å². The highest BCUT2D eigenvalue weighted by Gasteiger charge is 2.48. The summed E-state index contributed by atoms with van der Waals surface area (Å²) >= 11 is 5.94. The quantitative estimate of drug-likeness (QED) is 0.256. The number of nitrogens with zero attached hydrogens (tertiary/aromatic N) is 1. The van der Waals surface area contributed by atoms with E-state index < -0.39 is 40.1 Å². The number of hydrogen-bond acceptors (Lipinski definition) is 7. The van der Waals surface area contributed by atoms with Crippen LogP contribution in [0.15, 0.2) is 47.4 Å². The number of halogens is 1. The zero-order valence-electron chi connectivity index (χ0n) is 22.6. The zero-order valence-corrected chi connectivity index (χ0v) is 24.2. The van der Waals surface area contributed by atoms with E-state index >= 15 is 0 Å². The van der Waals surface area contributed by atoms with Crippen LogP contribution < -0.4 is 15.8 Å². The van der Waals surface area contributed by atoms with Crippen molar-refractivity contribution in [3.63, 3.8) is 0 Å². The fourth-order valence-electron chi connectivity index (χ4n) is 5.90. The molecule has 1 aliphatic carbocycles. The van der Waals surface area contributed by atoms with Crippen LogP contribution in [0.3, 0.4) is 0 Å².